The third kappa shape index (κ3) is 4.89. The van der Waals surface area contributed by atoms with Crippen molar-refractivity contribution in [2.24, 2.45) is 0 Å². The molecule has 1 amide bonds. The van der Waals surface area contributed by atoms with Crippen LogP contribution in [-0.4, -0.2) is 27.8 Å². The molecule has 26 heavy (non-hydrogen) atoms. The minimum Gasteiger partial charge on any atom is -0.494 e. The van der Waals surface area contributed by atoms with Crippen molar-refractivity contribution >= 4 is 17.7 Å². The fourth-order valence-electron chi connectivity index (χ4n) is 2.44. The Bertz CT molecular complexity index is 832. The molecule has 1 N–H and O–H groups in total. The average Bonchev–Trinajstić information content (AvgIpc) is 3.15. The van der Waals surface area contributed by atoms with Gasteiger partial charge in [-0.05, 0) is 36.8 Å². The first-order chi connectivity index (χ1) is 12.8. The van der Waals surface area contributed by atoms with Crippen LogP contribution >= 0.6 is 11.8 Å². The molecular formula is C20H21N3O2S. The molecule has 0 saturated heterocycles. The fraction of sp³-hybridized carbons (Fsp3) is 0.200. The molecule has 0 atom stereocenters. The van der Waals surface area contributed by atoms with E-state index >= 15 is 0 Å². The summed E-state index contributed by atoms with van der Waals surface area (Å²) in [6.45, 7) is 3.14. The molecule has 3 rings (SSSR count). The van der Waals surface area contributed by atoms with Crippen LogP contribution in [0.3, 0.4) is 0 Å². The first kappa shape index (κ1) is 18.1. The van der Waals surface area contributed by atoms with Crippen LogP contribution in [0.5, 0.6) is 5.75 Å². The van der Waals surface area contributed by atoms with Crippen molar-refractivity contribution in [1.29, 1.82) is 0 Å². The van der Waals surface area contributed by atoms with E-state index in [0.29, 0.717) is 18.9 Å². The highest BCUT2D eigenvalue weighted by molar-refractivity contribution is 7.99. The lowest BCUT2D eigenvalue weighted by atomic mass is 10.2. The Morgan fingerprint density at radius 1 is 1.15 bits per heavy atom. The molecule has 0 radical (unpaired) electrons. The summed E-state index contributed by atoms with van der Waals surface area (Å²) >= 11 is 1.41. The van der Waals surface area contributed by atoms with Gasteiger partial charge >= 0.3 is 0 Å². The van der Waals surface area contributed by atoms with E-state index in [0.717, 1.165) is 22.2 Å². The molecule has 0 bridgehead atoms. The molecule has 0 aliphatic heterocycles. The molecule has 134 valence electrons. The zero-order valence-corrected chi connectivity index (χ0v) is 15.4. The number of carbonyl (C=O) groups excluding carboxylic acids is 1. The first-order valence-electron chi connectivity index (χ1n) is 8.46. The summed E-state index contributed by atoms with van der Waals surface area (Å²) < 4.78 is 7.43. The van der Waals surface area contributed by atoms with Gasteiger partial charge in [-0.1, -0.05) is 42.1 Å². The lowest BCUT2D eigenvalue weighted by molar-refractivity contribution is -0.118. The van der Waals surface area contributed by atoms with Gasteiger partial charge in [-0.3, -0.25) is 9.36 Å². The van der Waals surface area contributed by atoms with Crippen molar-refractivity contribution in [3.8, 4) is 11.4 Å². The maximum atomic E-state index is 12.1. The van der Waals surface area contributed by atoms with E-state index in [1.54, 1.807) is 6.20 Å². The van der Waals surface area contributed by atoms with Crippen LogP contribution in [0, 0.1) is 0 Å². The van der Waals surface area contributed by atoms with Crippen molar-refractivity contribution in [3.63, 3.8) is 0 Å². The van der Waals surface area contributed by atoms with Gasteiger partial charge in [0.05, 0.1) is 12.4 Å². The van der Waals surface area contributed by atoms with Crippen LogP contribution in [0.1, 0.15) is 12.5 Å². The quantitative estimate of drug-likeness (QED) is 0.617. The van der Waals surface area contributed by atoms with Gasteiger partial charge in [-0.25, -0.2) is 4.98 Å². The number of aromatic nitrogens is 2. The number of ether oxygens (including phenoxy) is 1. The second-order valence-electron chi connectivity index (χ2n) is 5.56. The molecule has 0 saturated carbocycles. The number of hydrogen-bond acceptors (Lipinski definition) is 4. The highest BCUT2D eigenvalue weighted by Crippen LogP contribution is 2.22. The Kier molecular flexibility index (Phi) is 6.33. The van der Waals surface area contributed by atoms with E-state index in [1.807, 2.05) is 72.3 Å². The molecule has 3 aromatic rings. The normalized spacial score (nSPS) is 10.5. The number of hydrogen-bond donors (Lipinski definition) is 1. The number of carbonyl (C=O) groups is 1. The van der Waals surface area contributed by atoms with Crippen LogP contribution in [0.15, 0.2) is 72.1 Å². The van der Waals surface area contributed by atoms with Gasteiger partial charge in [0.25, 0.3) is 0 Å². The van der Waals surface area contributed by atoms with Crippen LogP contribution in [-0.2, 0) is 11.3 Å². The number of benzene rings is 2. The molecule has 1 aromatic heterocycles. The third-order valence-electron chi connectivity index (χ3n) is 3.70. The summed E-state index contributed by atoms with van der Waals surface area (Å²) in [5.41, 5.74) is 2.07. The number of nitrogens with zero attached hydrogens (tertiary/aromatic N) is 2. The van der Waals surface area contributed by atoms with E-state index in [4.69, 9.17) is 4.74 Å². The third-order valence-corrected chi connectivity index (χ3v) is 4.66. The minimum atomic E-state index is -0.0138. The molecule has 1 heterocycles. The molecule has 0 spiro atoms. The Labute approximate surface area is 157 Å². The Morgan fingerprint density at radius 2 is 1.92 bits per heavy atom. The number of amides is 1. The molecule has 0 aliphatic rings. The van der Waals surface area contributed by atoms with Crippen molar-refractivity contribution < 1.29 is 9.53 Å². The molecule has 2 aromatic carbocycles. The van der Waals surface area contributed by atoms with Crippen LogP contribution in [0.4, 0.5) is 0 Å². The van der Waals surface area contributed by atoms with E-state index < -0.39 is 0 Å². The van der Waals surface area contributed by atoms with E-state index in [2.05, 4.69) is 10.3 Å². The monoisotopic (exact) mass is 367 g/mol. The molecule has 0 unspecified atom stereocenters. The topological polar surface area (TPSA) is 56.2 Å². The highest BCUT2D eigenvalue weighted by Gasteiger charge is 2.09. The SMILES string of the molecule is CCOc1ccc(-n2ccnc2SCC(=O)NCc2ccccc2)cc1. The van der Waals surface area contributed by atoms with E-state index in [1.165, 1.54) is 11.8 Å². The zero-order valence-electron chi connectivity index (χ0n) is 14.6. The Balaban J connectivity index is 1.56. The van der Waals surface area contributed by atoms with Crippen molar-refractivity contribution in [3.05, 3.63) is 72.6 Å². The van der Waals surface area contributed by atoms with Gasteiger partial charge in [0.2, 0.25) is 5.91 Å². The van der Waals surface area contributed by atoms with Gasteiger partial charge in [0.15, 0.2) is 5.16 Å². The van der Waals surface area contributed by atoms with E-state index in [9.17, 15) is 4.79 Å². The first-order valence-corrected chi connectivity index (χ1v) is 9.45. The maximum Gasteiger partial charge on any atom is 0.230 e. The Morgan fingerprint density at radius 3 is 2.65 bits per heavy atom. The molecular weight excluding hydrogens is 346 g/mol. The smallest absolute Gasteiger partial charge is 0.230 e. The molecule has 6 heteroatoms. The predicted octanol–water partition coefficient (Wildman–Crippen LogP) is 3.68. The number of imidazole rings is 1. The summed E-state index contributed by atoms with van der Waals surface area (Å²) in [7, 11) is 0. The molecule has 5 nitrogen and oxygen atoms in total. The summed E-state index contributed by atoms with van der Waals surface area (Å²) in [5, 5.41) is 3.71. The minimum absolute atomic E-state index is 0.0138. The highest BCUT2D eigenvalue weighted by atomic mass is 32.2. The Hall–Kier alpha value is -2.73. The number of rotatable bonds is 8. The average molecular weight is 367 g/mol. The second kappa shape index (κ2) is 9.10. The lowest BCUT2D eigenvalue weighted by Gasteiger charge is -2.09. The predicted molar refractivity (Wildman–Crippen MR) is 104 cm³/mol. The van der Waals surface area contributed by atoms with Gasteiger partial charge < -0.3 is 10.1 Å². The maximum absolute atomic E-state index is 12.1. The number of nitrogens with one attached hydrogen (secondary N) is 1. The standard InChI is InChI=1S/C20H21N3O2S/c1-2-25-18-10-8-17(9-11-18)23-13-12-21-20(23)26-15-19(24)22-14-16-6-4-3-5-7-16/h3-13H,2,14-15H2,1H3,(H,22,24). The lowest BCUT2D eigenvalue weighted by Crippen LogP contribution is -2.24. The second-order valence-corrected chi connectivity index (χ2v) is 6.50. The van der Waals surface area contributed by atoms with Crippen LogP contribution < -0.4 is 10.1 Å². The largest absolute Gasteiger partial charge is 0.494 e. The molecule has 0 aliphatic carbocycles. The summed E-state index contributed by atoms with van der Waals surface area (Å²) in [5.74, 6) is 1.15. The zero-order chi connectivity index (χ0) is 18.2. The van der Waals surface area contributed by atoms with Crippen molar-refractivity contribution in [2.75, 3.05) is 12.4 Å². The number of thioether (sulfide) groups is 1. The van der Waals surface area contributed by atoms with Gasteiger partial charge in [0, 0.05) is 24.6 Å². The summed E-state index contributed by atoms with van der Waals surface area (Å²) in [6.07, 6.45) is 3.63. The fourth-order valence-corrected chi connectivity index (χ4v) is 3.24. The van der Waals surface area contributed by atoms with Gasteiger partial charge in [0.1, 0.15) is 5.75 Å². The van der Waals surface area contributed by atoms with Crippen LogP contribution in [0.25, 0.3) is 5.69 Å². The van der Waals surface area contributed by atoms with Crippen molar-refractivity contribution in [2.45, 2.75) is 18.6 Å². The van der Waals surface area contributed by atoms with Crippen LogP contribution in [0.2, 0.25) is 0 Å². The van der Waals surface area contributed by atoms with E-state index in [-0.39, 0.29) is 5.91 Å². The molecule has 0 fully saturated rings. The summed E-state index contributed by atoms with van der Waals surface area (Å²) in [6, 6.07) is 17.7. The van der Waals surface area contributed by atoms with Gasteiger partial charge in [-0.15, -0.1) is 0 Å². The summed E-state index contributed by atoms with van der Waals surface area (Å²) in [4.78, 5) is 16.4. The van der Waals surface area contributed by atoms with Gasteiger partial charge in [-0.2, -0.15) is 0 Å². The van der Waals surface area contributed by atoms with Crippen molar-refractivity contribution in [1.82, 2.24) is 14.9 Å².